The third-order valence-corrected chi connectivity index (χ3v) is 2.74. The Bertz CT molecular complexity index is 396. The third kappa shape index (κ3) is 3.28. The summed E-state index contributed by atoms with van der Waals surface area (Å²) in [5, 5.41) is 7.04. The maximum atomic E-state index is 11.8. The predicted molar refractivity (Wildman–Crippen MR) is 63.8 cm³/mol. The van der Waals surface area contributed by atoms with E-state index in [9.17, 15) is 4.79 Å². The molecule has 17 heavy (non-hydrogen) atoms. The van der Waals surface area contributed by atoms with Crippen LogP contribution in [0, 0.1) is 6.92 Å². The molecular formula is C11H18N4O2. The fourth-order valence-corrected chi connectivity index (χ4v) is 1.87. The molecule has 0 spiro atoms. The lowest BCUT2D eigenvalue weighted by atomic mass is 10.4. The van der Waals surface area contributed by atoms with Crippen LogP contribution in [-0.2, 0) is 16.6 Å². The van der Waals surface area contributed by atoms with Gasteiger partial charge in [0.1, 0.15) is 5.82 Å². The van der Waals surface area contributed by atoms with E-state index >= 15 is 0 Å². The number of hydrogen-bond donors (Lipinski definition) is 1. The molecule has 6 heteroatoms. The summed E-state index contributed by atoms with van der Waals surface area (Å²) >= 11 is 0. The van der Waals surface area contributed by atoms with Gasteiger partial charge in [0.25, 0.3) is 0 Å². The van der Waals surface area contributed by atoms with Crippen molar-refractivity contribution in [2.24, 2.45) is 7.05 Å². The molecule has 1 saturated heterocycles. The van der Waals surface area contributed by atoms with Crippen molar-refractivity contribution in [3.8, 4) is 0 Å². The van der Waals surface area contributed by atoms with Gasteiger partial charge in [0.05, 0.1) is 25.5 Å². The SMILES string of the molecule is Cc1cc(NC(=O)CN2CCOCC2)n(C)n1. The molecule has 1 N–H and O–H groups in total. The van der Waals surface area contributed by atoms with Gasteiger partial charge in [-0.15, -0.1) is 0 Å². The normalized spacial score (nSPS) is 17.1. The summed E-state index contributed by atoms with van der Waals surface area (Å²) in [6.07, 6.45) is 0. The Labute approximate surface area is 101 Å². The van der Waals surface area contributed by atoms with Crippen LogP contribution in [0.3, 0.4) is 0 Å². The van der Waals surface area contributed by atoms with E-state index in [-0.39, 0.29) is 5.91 Å². The fourth-order valence-electron chi connectivity index (χ4n) is 1.87. The number of carbonyl (C=O) groups is 1. The summed E-state index contributed by atoms with van der Waals surface area (Å²) in [4.78, 5) is 13.9. The summed E-state index contributed by atoms with van der Waals surface area (Å²) in [6, 6.07) is 1.86. The Kier molecular flexibility index (Phi) is 3.75. The van der Waals surface area contributed by atoms with E-state index in [2.05, 4.69) is 15.3 Å². The van der Waals surface area contributed by atoms with E-state index in [4.69, 9.17) is 4.74 Å². The zero-order chi connectivity index (χ0) is 12.3. The number of morpholine rings is 1. The molecule has 0 aliphatic carbocycles. The number of ether oxygens (including phenoxy) is 1. The predicted octanol–water partition coefficient (Wildman–Crippen LogP) is -0.000780. The highest BCUT2D eigenvalue weighted by atomic mass is 16.5. The summed E-state index contributed by atoms with van der Waals surface area (Å²) < 4.78 is 6.91. The summed E-state index contributed by atoms with van der Waals surface area (Å²) in [5.74, 6) is 0.732. The standard InChI is InChI=1S/C11H18N4O2/c1-9-7-10(14(2)13-9)12-11(16)8-15-3-5-17-6-4-15/h7H,3-6,8H2,1-2H3,(H,12,16). The average Bonchev–Trinajstić information content (AvgIpc) is 2.58. The van der Waals surface area contributed by atoms with Crippen molar-refractivity contribution >= 4 is 11.7 Å². The van der Waals surface area contributed by atoms with Crippen LogP contribution in [0.5, 0.6) is 0 Å². The molecule has 0 unspecified atom stereocenters. The smallest absolute Gasteiger partial charge is 0.239 e. The Balaban J connectivity index is 1.86. The first-order chi connectivity index (χ1) is 8.15. The minimum Gasteiger partial charge on any atom is -0.379 e. The van der Waals surface area contributed by atoms with Gasteiger partial charge in [0.15, 0.2) is 0 Å². The molecule has 1 aliphatic heterocycles. The average molecular weight is 238 g/mol. The first-order valence-corrected chi connectivity index (χ1v) is 5.76. The number of nitrogens with one attached hydrogen (secondary N) is 1. The van der Waals surface area contributed by atoms with Gasteiger partial charge in [-0.05, 0) is 6.92 Å². The lowest BCUT2D eigenvalue weighted by Gasteiger charge is -2.25. The molecule has 0 saturated carbocycles. The third-order valence-electron chi connectivity index (χ3n) is 2.74. The van der Waals surface area contributed by atoms with Gasteiger partial charge in [-0.2, -0.15) is 5.10 Å². The minimum atomic E-state index is -0.00472. The lowest BCUT2D eigenvalue weighted by molar-refractivity contribution is -0.118. The molecule has 2 heterocycles. The monoisotopic (exact) mass is 238 g/mol. The van der Waals surface area contributed by atoms with Crippen LogP contribution in [0.2, 0.25) is 0 Å². The zero-order valence-electron chi connectivity index (χ0n) is 10.3. The summed E-state index contributed by atoms with van der Waals surface area (Å²) in [6.45, 7) is 5.36. The molecule has 0 radical (unpaired) electrons. The Morgan fingerprint density at radius 3 is 2.82 bits per heavy atom. The molecule has 0 aromatic carbocycles. The molecule has 0 atom stereocenters. The molecule has 1 aromatic rings. The molecule has 6 nitrogen and oxygen atoms in total. The number of rotatable bonds is 3. The maximum Gasteiger partial charge on any atom is 0.239 e. The second-order valence-electron chi connectivity index (χ2n) is 4.23. The highest BCUT2D eigenvalue weighted by Gasteiger charge is 2.15. The van der Waals surface area contributed by atoms with E-state index in [0.29, 0.717) is 19.8 Å². The first-order valence-electron chi connectivity index (χ1n) is 5.76. The number of anilines is 1. The van der Waals surface area contributed by atoms with Crippen LogP contribution in [0.15, 0.2) is 6.07 Å². The number of aromatic nitrogens is 2. The number of aryl methyl sites for hydroxylation is 2. The molecule has 0 bridgehead atoms. The van der Waals surface area contributed by atoms with Crippen molar-refractivity contribution in [2.75, 3.05) is 38.2 Å². The quantitative estimate of drug-likeness (QED) is 0.805. The van der Waals surface area contributed by atoms with E-state index in [1.165, 1.54) is 0 Å². The minimum absolute atomic E-state index is 0.00472. The van der Waals surface area contributed by atoms with Crippen molar-refractivity contribution in [1.29, 1.82) is 0 Å². The van der Waals surface area contributed by atoms with Crippen molar-refractivity contribution in [3.05, 3.63) is 11.8 Å². The molecule has 2 rings (SSSR count). The number of hydrogen-bond acceptors (Lipinski definition) is 4. The highest BCUT2D eigenvalue weighted by Crippen LogP contribution is 2.08. The van der Waals surface area contributed by atoms with Gasteiger partial charge in [-0.1, -0.05) is 0 Å². The van der Waals surface area contributed by atoms with Gasteiger partial charge < -0.3 is 10.1 Å². The van der Waals surface area contributed by atoms with Crippen molar-refractivity contribution in [3.63, 3.8) is 0 Å². The Morgan fingerprint density at radius 1 is 1.53 bits per heavy atom. The van der Waals surface area contributed by atoms with Gasteiger partial charge in [-0.25, -0.2) is 0 Å². The van der Waals surface area contributed by atoms with Crippen LogP contribution < -0.4 is 5.32 Å². The Morgan fingerprint density at radius 2 is 2.24 bits per heavy atom. The first kappa shape index (κ1) is 12.1. The van der Waals surface area contributed by atoms with E-state index in [1.807, 2.05) is 20.0 Å². The van der Waals surface area contributed by atoms with Crippen LogP contribution >= 0.6 is 0 Å². The molecule has 1 fully saturated rings. The van der Waals surface area contributed by atoms with Gasteiger partial charge in [-0.3, -0.25) is 14.4 Å². The van der Waals surface area contributed by atoms with Crippen LogP contribution in [0.4, 0.5) is 5.82 Å². The fraction of sp³-hybridized carbons (Fsp3) is 0.636. The molecule has 1 aliphatic rings. The van der Waals surface area contributed by atoms with Gasteiger partial charge >= 0.3 is 0 Å². The molecule has 1 amide bonds. The van der Waals surface area contributed by atoms with Crippen molar-refractivity contribution in [2.45, 2.75) is 6.92 Å². The second-order valence-corrected chi connectivity index (χ2v) is 4.23. The number of carbonyl (C=O) groups excluding carboxylic acids is 1. The molecular weight excluding hydrogens is 220 g/mol. The van der Waals surface area contributed by atoms with Gasteiger partial charge in [0, 0.05) is 26.2 Å². The van der Waals surface area contributed by atoms with Crippen molar-refractivity contribution in [1.82, 2.24) is 14.7 Å². The van der Waals surface area contributed by atoms with Gasteiger partial charge in [0.2, 0.25) is 5.91 Å². The number of nitrogens with zero attached hydrogens (tertiary/aromatic N) is 3. The van der Waals surface area contributed by atoms with Crippen molar-refractivity contribution < 1.29 is 9.53 Å². The molecule has 94 valence electrons. The molecule has 1 aromatic heterocycles. The zero-order valence-corrected chi connectivity index (χ0v) is 10.3. The second kappa shape index (κ2) is 5.29. The topological polar surface area (TPSA) is 59.4 Å². The van der Waals surface area contributed by atoms with E-state index in [1.54, 1.807) is 4.68 Å². The Hall–Kier alpha value is -1.40. The van der Waals surface area contributed by atoms with E-state index < -0.39 is 0 Å². The lowest BCUT2D eigenvalue weighted by Crippen LogP contribution is -2.41. The van der Waals surface area contributed by atoms with Crippen LogP contribution in [0.25, 0.3) is 0 Å². The highest BCUT2D eigenvalue weighted by molar-refractivity contribution is 5.91. The van der Waals surface area contributed by atoms with Crippen LogP contribution in [0.1, 0.15) is 5.69 Å². The number of amides is 1. The van der Waals surface area contributed by atoms with Crippen LogP contribution in [-0.4, -0.2) is 53.4 Å². The van der Waals surface area contributed by atoms with E-state index in [0.717, 1.165) is 24.6 Å². The maximum absolute atomic E-state index is 11.8. The summed E-state index contributed by atoms with van der Waals surface area (Å²) in [5.41, 5.74) is 0.897. The summed E-state index contributed by atoms with van der Waals surface area (Å²) in [7, 11) is 1.82. The largest absolute Gasteiger partial charge is 0.379 e.